The molecule has 0 spiro atoms. The Morgan fingerprint density at radius 3 is 2.50 bits per heavy atom. The Morgan fingerprint density at radius 1 is 1.12 bits per heavy atom. The minimum atomic E-state index is -0.497. The normalized spacial score (nSPS) is 10.3. The number of aromatic nitrogens is 1. The molecule has 26 heavy (non-hydrogen) atoms. The molecule has 0 saturated carbocycles. The molecule has 0 aliphatic heterocycles. The van der Waals surface area contributed by atoms with E-state index in [0.717, 1.165) is 30.5 Å². The summed E-state index contributed by atoms with van der Waals surface area (Å²) in [4.78, 5) is 30.2. The topological polar surface area (TPSA) is 74.3 Å². The molecular formula is C19H23FN4O2. The first-order valence-electron chi connectivity index (χ1n) is 8.53. The molecule has 0 aliphatic carbocycles. The lowest BCUT2D eigenvalue weighted by Crippen LogP contribution is -2.36. The SMILES string of the molecule is CCN(CC)c1ccc(CNC(=O)CNC(=O)c2cccc(F)c2)cn1. The number of hydrogen-bond acceptors (Lipinski definition) is 4. The Hall–Kier alpha value is -2.96. The van der Waals surface area contributed by atoms with Crippen LogP contribution in [0.2, 0.25) is 0 Å². The van der Waals surface area contributed by atoms with Crippen LogP contribution in [0.3, 0.4) is 0 Å². The third-order valence-electron chi connectivity index (χ3n) is 3.88. The van der Waals surface area contributed by atoms with E-state index in [0.29, 0.717) is 6.54 Å². The number of hydrogen-bond donors (Lipinski definition) is 2. The lowest BCUT2D eigenvalue weighted by Gasteiger charge is -2.19. The minimum Gasteiger partial charge on any atom is -0.357 e. The van der Waals surface area contributed by atoms with Gasteiger partial charge in [-0.15, -0.1) is 0 Å². The van der Waals surface area contributed by atoms with E-state index in [9.17, 15) is 14.0 Å². The number of carbonyl (C=O) groups is 2. The highest BCUT2D eigenvalue weighted by Crippen LogP contribution is 2.10. The number of carbonyl (C=O) groups excluding carboxylic acids is 2. The molecule has 2 N–H and O–H groups in total. The quantitative estimate of drug-likeness (QED) is 0.758. The van der Waals surface area contributed by atoms with E-state index in [-0.39, 0.29) is 18.0 Å². The summed E-state index contributed by atoms with van der Waals surface area (Å²) in [6.45, 7) is 6.03. The van der Waals surface area contributed by atoms with Crippen LogP contribution in [0.5, 0.6) is 0 Å². The fraction of sp³-hybridized carbons (Fsp3) is 0.316. The van der Waals surface area contributed by atoms with E-state index >= 15 is 0 Å². The summed E-state index contributed by atoms with van der Waals surface area (Å²) in [5, 5.41) is 5.17. The van der Waals surface area contributed by atoms with E-state index < -0.39 is 11.7 Å². The summed E-state index contributed by atoms with van der Waals surface area (Å²) in [7, 11) is 0. The van der Waals surface area contributed by atoms with Crippen molar-refractivity contribution in [1.29, 1.82) is 0 Å². The lowest BCUT2D eigenvalue weighted by molar-refractivity contribution is -0.120. The molecule has 0 bridgehead atoms. The van der Waals surface area contributed by atoms with Crippen LogP contribution in [0.25, 0.3) is 0 Å². The van der Waals surface area contributed by atoms with Crippen molar-refractivity contribution >= 4 is 17.6 Å². The number of nitrogens with zero attached hydrogens (tertiary/aromatic N) is 2. The van der Waals surface area contributed by atoms with Crippen LogP contribution < -0.4 is 15.5 Å². The van der Waals surface area contributed by atoms with Crippen LogP contribution in [0.1, 0.15) is 29.8 Å². The van der Waals surface area contributed by atoms with Crippen molar-refractivity contribution in [3.05, 3.63) is 59.5 Å². The van der Waals surface area contributed by atoms with Gasteiger partial charge in [0.1, 0.15) is 11.6 Å². The predicted molar refractivity (Wildman–Crippen MR) is 98.4 cm³/mol. The number of anilines is 1. The van der Waals surface area contributed by atoms with Gasteiger partial charge in [-0.2, -0.15) is 0 Å². The van der Waals surface area contributed by atoms with E-state index in [2.05, 4.69) is 34.4 Å². The van der Waals surface area contributed by atoms with Crippen LogP contribution in [-0.4, -0.2) is 36.4 Å². The number of rotatable bonds is 8. The van der Waals surface area contributed by atoms with Gasteiger partial charge in [-0.05, 0) is 43.7 Å². The molecule has 1 heterocycles. The molecule has 0 atom stereocenters. The van der Waals surface area contributed by atoms with Crippen molar-refractivity contribution in [2.75, 3.05) is 24.5 Å². The van der Waals surface area contributed by atoms with Gasteiger partial charge in [0.2, 0.25) is 5.91 Å². The summed E-state index contributed by atoms with van der Waals surface area (Å²) in [6, 6.07) is 9.13. The standard InChI is InChI=1S/C19H23FN4O2/c1-3-24(4-2)17-9-8-14(11-21-17)12-22-18(25)13-23-19(26)15-6-5-7-16(20)10-15/h5-11H,3-4,12-13H2,1-2H3,(H,22,25)(H,23,26). The smallest absolute Gasteiger partial charge is 0.251 e. The molecule has 2 aromatic rings. The van der Waals surface area contributed by atoms with Crippen molar-refractivity contribution < 1.29 is 14.0 Å². The van der Waals surface area contributed by atoms with Crippen molar-refractivity contribution in [2.45, 2.75) is 20.4 Å². The number of nitrogens with one attached hydrogen (secondary N) is 2. The molecule has 1 aromatic carbocycles. The summed E-state index contributed by atoms with van der Waals surface area (Å²) in [5.41, 5.74) is 1.04. The Labute approximate surface area is 152 Å². The molecule has 0 radical (unpaired) electrons. The van der Waals surface area contributed by atoms with Crippen molar-refractivity contribution in [2.24, 2.45) is 0 Å². The third kappa shape index (κ3) is 5.54. The van der Waals surface area contributed by atoms with Gasteiger partial charge in [0.05, 0.1) is 6.54 Å². The summed E-state index contributed by atoms with van der Waals surface area (Å²) >= 11 is 0. The van der Waals surface area contributed by atoms with Crippen LogP contribution in [-0.2, 0) is 11.3 Å². The maximum Gasteiger partial charge on any atom is 0.251 e. The van der Waals surface area contributed by atoms with Crippen molar-refractivity contribution in [3.8, 4) is 0 Å². The Balaban J connectivity index is 1.79. The maximum absolute atomic E-state index is 13.1. The number of benzene rings is 1. The number of halogens is 1. The van der Waals surface area contributed by atoms with Gasteiger partial charge in [0.25, 0.3) is 5.91 Å². The second-order valence-corrected chi connectivity index (χ2v) is 5.67. The third-order valence-corrected chi connectivity index (χ3v) is 3.88. The van der Waals surface area contributed by atoms with Crippen molar-refractivity contribution in [1.82, 2.24) is 15.6 Å². The molecule has 2 amide bonds. The van der Waals surface area contributed by atoms with E-state index in [1.54, 1.807) is 6.20 Å². The predicted octanol–water partition coefficient (Wildman–Crippen LogP) is 2.11. The highest BCUT2D eigenvalue weighted by molar-refractivity contribution is 5.96. The summed E-state index contributed by atoms with van der Waals surface area (Å²) in [5.74, 6) is -0.428. The van der Waals surface area contributed by atoms with Gasteiger partial charge in [-0.3, -0.25) is 9.59 Å². The second kappa shape index (κ2) is 9.50. The first-order chi connectivity index (χ1) is 12.5. The zero-order chi connectivity index (χ0) is 18.9. The second-order valence-electron chi connectivity index (χ2n) is 5.67. The maximum atomic E-state index is 13.1. The minimum absolute atomic E-state index is 0.175. The monoisotopic (exact) mass is 358 g/mol. The zero-order valence-corrected chi connectivity index (χ0v) is 15.0. The van der Waals surface area contributed by atoms with Gasteiger partial charge >= 0.3 is 0 Å². The highest BCUT2D eigenvalue weighted by Gasteiger charge is 2.09. The van der Waals surface area contributed by atoms with Gasteiger partial charge in [-0.1, -0.05) is 12.1 Å². The molecule has 138 valence electrons. The van der Waals surface area contributed by atoms with Crippen LogP contribution >= 0.6 is 0 Å². The molecule has 2 rings (SSSR count). The van der Waals surface area contributed by atoms with E-state index in [1.165, 1.54) is 18.2 Å². The molecule has 0 saturated heterocycles. The Kier molecular flexibility index (Phi) is 7.08. The highest BCUT2D eigenvalue weighted by atomic mass is 19.1. The van der Waals surface area contributed by atoms with E-state index in [1.807, 2.05) is 12.1 Å². The molecule has 6 nitrogen and oxygen atoms in total. The largest absolute Gasteiger partial charge is 0.357 e. The summed E-state index contributed by atoms with van der Waals surface area (Å²) in [6.07, 6.45) is 1.72. The molecule has 0 fully saturated rings. The van der Waals surface area contributed by atoms with Crippen LogP contribution in [0.4, 0.5) is 10.2 Å². The number of pyridine rings is 1. The fourth-order valence-corrected chi connectivity index (χ4v) is 2.41. The molecule has 7 heteroatoms. The summed E-state index contributed by atoms with van der Waals surface area (Å²) < 4.78 is 13.1. The van der Waals surface area contributed by atoms with Crippen LogP contribution in [0, 0.1) is 5.82 Å². The van der Waals surface area contributed by atoms with Gasteiger partial charge < -0.3 is 15.5 Å². The Bertz CT molecular complexity index is 745. The van der Waals surface area contributed by atoms with E-state index in [4.69, 9.17) is 0 Å². The average molecular weight is 358 g/mol. The molecule has 0 aliphatic rings. The molecule has 0 unspecified atom stereocenters. The van der Waals surface area contributed by atoms with Gasteiger partial charge in [0.15, 0.2) is 0 Å². The van der Waals surface area contributed by atoms with Crippen molar-refractivity contribution in [3.63, 3.8) is 0 Å². The lowest BCUT2D eigenvalue weighted by atomic mass is 10.2. The number of amides is 2. The fourth-order valence-electron chi connectivity index (χ4n) is 2.41. The average Bonchev–Trinajstić information content (AvgIpc) is 2.66. The first-order valence-corrected chi connectivity index (χ1v) is 8.53. The van der Waals surface area contributed by atoms with Gasteiger partial charge in [-0.25, -0.2) is 9.37 Å². The Morgan fingerprint density at radius 2 is 1.88 bits per heavy atom. The van der Waals surface area contributed by atoms with Gasteiger partial charge in [0, 0.05) is 31.4 Å². The molecular weight excluding hydrogens is 335 g/mol. The van der Waals surface area contributed by atoms with Crippen LogP contribution in [0.15, 0.2) is 42.6 Å². The zero-order valence-electron chi connectivity index (χ0n) is 15.0. The first kappa shape index (κ1) is 19.4. The molecule has 1 aromatic heterocycles.